The smallest absolute Gasteiger partial charge is 0.335 e. The molecule has 4 amide bonds. The Morgan fingerprint density at radius 1 is 1.05 bits per heavy atom. The lowest BCUT2D eigenvalue weighted by Crippen LogP contribution is -2.54. The minimum Gasteiger partial charge on any atom is -0.490 e. The van der Waals surface area contributed by atoms with Crippen molar-refractivity contribution in [2.45, 2.75) is 13.5 Å². The van der Waals surface area contributed by atoms with Gasteiger partial charge in [-0.3, -0.25) is 14.9 Å². The number of nitrogens with zero attached hydrogens (tertiary/aromatic N) is 1. The molecule has 3 aromatic rings. The first-order valence-corrected chi connectivity index (χ1v) is 13.1. The Kier molecular flexibility index (Phi) is 7.60. The highest BCUT2D eigenvalue weighted by molar-refractivity contribution is 14.1. The second-order valence-electron chi connectivity index (χ2n) is 8.55. The second kappa shape index (κ2) is 11.3. The molecular weight excluding hydrogens is 635 g/mol. The lowest BCUT2D eigenvalue weighted by atomic mass is 10.1. The van der Waals surface area contributed by atoms with Crippen molar-refractivity contribution in [1.29, 1.82) is 0 Å². The highest BCUT2D eigenvalue weighted by atomic mass is 127. The summed E-state index contributed by atoms with van der Waals surface area (Å²) in [5, 5.41) is 11.3. The molecule has 0 bridgehead atoms. The molecular formula is C28H21IN2O9. The van der Waals surface area contributed by atoms with Crippen LogP contribution in [0.2, 0.25) is 0 Å². The van der Waals surface area contributed by atoms with Crippen molar-refractivity contribution in [2.24, 2.45) is 0 Å². The number of carboxylic acid groups (broad SMARTS) is 1. The number of hydrogen-bond donors (Lipinski definition) is 2. The number of fused-ring (bicyclic) bond motifs is 1. The van der Waals surface area contributed by atoms with Gasteiger partial charge in [0.15, 0.2) is 23.0 Å². The van der Waals surface area contributed by atoms with Gasteiger partial charge >= 0.3 is 12.0 Å². The fourth-order valence-corrected chi connectivity index (χ4v) is 4.84. The SMILES string of the molecule is CCOc1cc(/C=C2\C(=O)NC(=O)N(c3ccc4c(c3)OCO4)C2=O)cc(I)c1OCc1ccc(C(=O)O)cc1. The van der Waals surface area contributed by atoms with Gasteiger partial charge in [-0.2, -0.15) is 0 Å². The largest absolute Gasteiger partial charge is 0.490 e. The third-order valence-corrected chi connectivity index (χ3v) is 6.74. The molecule has 0 saturated carbocycles. The van der Waals surface area contributed by atoms with E-state index in [-0.39, 0.29) is 30.2 Å². The van der Waals surface area contributed by atoms with E-state index in [0.717, 1.165) is 10.5 Å². The van der Waals surface area contributed by atoms with Crippen LogP contribution >= 0.6 is 22.6 Å². The Hall–Kier alpha value is -4.59. The average molecular weight is 656 g/mol. The van der Waals surface area contributed by atoms with Gasteiger partial charge in [-0.05, 0) is 83.1 Å². The van der Waals surface area contributed by atoms with Crippen LogP contribution in [0.25, 0.3) is 6.08 Å². The first kappa shape index (κ1) is 27.0. The van der Waals surface area contributed by atoms with E-state index in [9.17, 15) is 19.2 Å². The molecule has 11 nitrogen and oxygen atoms in total. The van der Waals surface area contributed by atoms with Crippen LogP contribution in [-0.2, 0) is 16.2 Å². The number of amides is 4. The van der Waals surface area contributed by atoms with Gasteiger partial charge in [0.2, 0.25) is 6.79 Å². The summed E-state index contributed by atoms with van der Waals surface area (Å²) in [7, 11) is 0. The normalized spacial score (nSPS) is 15.3. The fraction of sp³-hybridized carbons (Fsp3) is 0.143. The molecule has 2 N–H and O–H groups in total. The lowest BCUT2D eigenvalue weighted by molar-refractivity contribution is -0.122. The number of benzene rings is 3. The number of ether oxygens (including phenoxy) is 4. The van der Waals surface area contributed by atoms with Crippen LogP contribution in [0, 0.1) is 3.57 Å². The molecule has 12 heteroatoms. The number of barbiturate groups is 1. The predicted octanol–water partition coefficient (Wildman–Crippen LogP) is 4.36. The summed E-state index contributed by atoms with van der Waals surface area (Å²) in [6.45, 7) is 2.31. The summed E-state index contributed by atoms with van der Waals surface area (Å²) < 4.78 is 23.0. The molecule has 0 aliphatic carbocycles. The monoisotopic (exact) mass is 656 g/mol. The molecule has 3 aromatic carbocycles. The maximum Gasteiger partial charge on any atom is 0.335 e. The van der Waals surface area contributed by atoms with E-state index in [2.05, 4.69) is 27.9 Å². The summed E-state index contributed by atoms with van der Waals surface area (Å²) in [6.07, 6.45) is 1.38. The number of imide groups is 2. The van der Waals surface area contributed by atoms with Crippen LogP contribution in [0.15, 0.2) is 60.2 Å². The average Bonchev–Trinajstić information content (AvgIpc) is 3.39. The number of hydrogen-bond acceptors (Lipinski definition) is 8. The molecule has 2 heterocycles. The van der Waals surface area contributed by atoms with Crippen molar-refractivity contribution in [3.05, 3.63) is 80.4 Å². The van der Waals surface area contributed by atoms with Gasteiger partial charge < -0.3 is 24.1 Å². The minimum atomic E-state index is -1.01. The van der Waals surface area contributed by atoms with Gasteiger partial charge in [0.25, 0.3) is 11.8 Å². The third-order valence-electron chi connectivity index (χ3n) is 5.94. The van der Waals surface area contributed by atoms with Gasteiger partial charge in [0.05, 0.1) is 21.4 Å². The molecule has 0 unspecified atom stereocenters. The molecule has 2 aliphatic rings. The van der Waals surface area contributed by atoms with E-state index in [0.29, 0.717) is 38.7 Å². The van der Waals surface area contributed by atoms with E-state index in [1.165, 1.54) is 30.3 Å². The summed E-state index contributed by atoms with van der Waals surface area (Å²) in [4.78, 5) is 50.6. The molecule has 40 heavy (non-hydrogen) atoms. The number of rotatable bonds is 8. The summed E-state index contributed by atoms with van der Waals surface area (Å²) in [6, 6.07) is 13.4. The third kappa shape index (κ3) is 5.43. The minimum absolute atomic E-state index is 0.0279. The van der Waals surface area contributed by atoms with Gasteiger partial charge in [0.1, 0.15) is 12.2 Å². The number of carboxylic acids is 1. The van der Waals surface area contributed by atoms with Crippen molar-refractivity contribution in [3.8, 4) is 23.0 Å². The van der Waals surface area contributed by atoms with Crippen molar-refractivity contribution < 1.29 is 43.2 Å². The molecule has 0 aromatic heterocycles. The van der Waals surface area contributed by atoms with Crippen LogP contribution in [0.4, 0.5) is 10.5 Å². The molecule has 1 saturated heterocycles. The summed E-state index contributed by atoms with van der Waals surface area (Å²) in [5.74, 6) is -0.947. The van der Waals surface area contributed by atoms with Crippen molar-refractivity contribution in [1.82, 2.24) is 5.32 Å². The molecule has 0 spiro atoms. The highest BCUT2D eigenvalue weighted by Crippen LogP contribution is 2.38. The van der Waals surface area contributed by atoms with Crippen LogP contribution in [-0.4, -0.2) is 42.3 Å². The summed E-state index contributed by atoms with van der Waals surface area (Å²) >= 11 is 2.06. The van der Waals surface area contributed by atoms with Crippen LogP contribution in [0.1, 0.15) is 28.4 Å². The quantitative estimate of drug-likeness (QED) is 0.206. The zero-order chi connectivity index (χ0) is 28.4. The maximum absolute atomic E-state index is 13.3. The van der Waals surface area contributed by atoms with Crippen molar-refractivity contribution >= 4 is 58.2 Å². The fourth-order valence-electron chi connectivity index (χ4n) is 4.06. The van der Waals surface area contributed by atoms with E-state index in [4.69, 9.17) is 24.1 Å². The molecule has 1 fully saturated rings. The number of carbonyl (C=O) groups is 4. The highest BCUT2D eigenvalue weighted by Gasteiger charge is 2.37. The second-order valence-corrected chi connectivity index (χ2v) is 9.71. The molecule has 2 aliphatic heterocycles. The first-order valence-electron chi connectivity index (χ1n) is 12.0. The number of urea groups is 1. The number of anilines is 1. The Bertz CT molecular complexity index is 1570. The van der Waals surface area contributed by atoms with Crippen LogP contribution < -0.4 is 29.2 Å². The zero-order valence-corrected chi connectivity index (χ0v) is 23.1. The van der Waals surface area contributed by atoms with Gasteiger partial charge in [-0.1, -0.05) is 12.1 Å². The molecule has 0 atom stereocenters. The lowest BCUT2D eigenvalue weighted by Gasteiger charge is -2.26. The van der Waals surface area contributed by atoms with Gasteiger partial charge in [-0.25, -0.2) is 14.5 Å². The van der Waals surface area contributed by atoms with Crippen molar-refractivity contribution in [3.63, 3.8) is 0 Å². The van der Waals surface area contributed by atoms with E-state index in [1.54, 1.807) is 37.3 Å². The van der Waals surface area contributed by atoms with E-state index in [1.807, 2.05) is 0 Å². The maximum atomic E-state index is 13.3. The van der Waals surface area contributed by atoms with Crippen LogP contribution in [0.3, 0.4) is 0 Å². The molecule has 5 rings (SSSR count). The predicted molar refractivity (Wildman–Crippen MR) is 150 cm³/mol. The number of aromatic carboxylic acids is 1. The summed E-state index contributed by atoms with van der Waals surface area (Å²) in [5.41, 5.74) is 1.38. The number of nitrogens with one attached hydrogen (secondary N) is 1. The number of carbonyl (C=O) groups excluding carboxylic acids is 3. The Morgan fingerprint density at radius 3 is 2.52 bits per heavy atom. The van der Waals surface area contributed by atoms with Gasteiger partial charge in [0, 0.05) is 6.07 Å². The molecule has 204 valence electrons. The number of halogens is 1. The standard InChI is InChI=1S/C28H21IN2O9/c1-2-37-23-11-16(10-20(29)24(23)38-13-15-3-5-17(6-4-15)27(34)35)9-19-25(32)30-28(36)31(26(19)33)18-7-8-21-22(12-18)40-14-39-21/h3-12H,2,13-14H2,1H3,(H,34,35)(H,30,32,36)/b19-9+. The molecule has 0 radical (unpaired) electrons. The van der Waals surface area contributed by atoms with E-state index >= 15 is 0 Å². The zero-order valence-electron chi connectivity index (χ0n) is 20.9. The van der Waals surface area contributed by atoms with Gasteiger partial charge in [-0.15, -0.1) is 0 Å². The topological polar surface area (TPSA) is 141 Å². The Labute approximate surface area is 241 Å². The van der Waals surface area contributed by atoms with Crippen LogP contribution in [0.5, 0.6) is 23.0 Å². The Morgan fingerprint density at radius 2 is 1.80 bits per heavy atom. The van der Waals surface area contributed by atoms with Crippen molar-refractivity contribution in [2.75, 3.05) is 18.3 Å². The Balaban J connectivity index is 1.42. The van der Waals surface area contributed by atoms with E-state index < -0.39 is 23.8 Å². The first-order chi connectivity index (χ1) is 19.2.